The Hall–Kier alpha value is -0.630. The predicted octanol–water partition coefficient (Wildman–Crippen LogP) is 5.85. The molecule has 0 aromatic rings. The quantitative estimate of drug-likeness (QED) is 0.473. The first-order valence-corrected chi connectivity index (χ1v) is 9.21. The molecular formula is C20H36O2. The summed E-state index contributed by atoms with van der Waals surface area (Å²) in [5, 5.41) is 0. The molecule has 0 aromatic heterocycles. The number of carbonyl (C=O) groups excluding carboxylic acids is 1. The lowest BCUT2D eigenvalue weighted by molar-refractivity contribution is -0.117. The first-order chi connectivity index (χ1) is 10.4. The third kappa shape index (κ3) is 5.53. The summed E-state index contributed by atoms with van der Waals surface area (Å²) >= 11 is 0. The standard InChI is InChI=1S/C20H36O2/c1-6-7-8-9-10-11-12-13-18(22-5)19-16(2)17(21)14-15-20(19,3)4/h18H,6-15H2,1-5H3. The van der Waals surface area contributed by atoms with E-state index < -0.39 is 0 Å². The Morgan fingerprint density at radius 2 is 1.68 bits per heavy atom. The number of allylic oxidation sites excluding steroid dienone is 1. The van der Waals surface area contributed by atoms with E-state index in [0.29, 0.717) is 12.2 Å². The number of rotatable bonds is 10. The Labute approximate surface area is 137 Å². The van der Waals surface area contributed by atoms with E-state index in [1.54, 1.807) is 7.11 Å². The Bertz CT molecular complexity index is 379. The second-order valence-electron chi connectivity index (χ2n) is 7.48. The summed E-state index contributed by atoms with van der Waals surface area (Å²) in [6.45, 7) is 8.77. The van der Waals surface area contributed by atoms with E-state index in [-0.39, 0.29) is 11.5 Å². The fourth-order valence-electron chi connectivity index (χ4n) is 3.75. The molecule has 22 heavy (non-hydrogen) atoms. The molecule has 1 aliphatic rings. The van der Waals surface area contributed by atoms with Crippen LogP contribution in [0.5, 0.6) is 0 Å². The lowest BCUT2D eigenvalue weighted by Gasteiger charge is -2.37. The third-order valence-electron chi connectivity index (χ3n) is 5.20. The molecule has 1 unspecified atom stereocenters. The van der Waals surface area contributed by atoms with Crippen molar-refractivity contribution in [2.75, 3.05) is 7.11 Å². The maximum absolute atomic E-state index is 12.1. The second-order valence-corrected chi connectivity index (χ2v) is 7.48. The maximum Gasteiger partial charge on any atom is 0.158 e. The Morgan fingerprint density at radius 1 is 1.09 bits per heavy atom. The fourth-order valence-corrected chi connectivity index (χ4v) is 3.75. The minimum absolute atomic E-state index is 0.0970. The van der Waals surface area contributed by atoms with Crippen molar-refractivity contribution in [1.82, 2.24) is 0 Å². The normalized spacial score (nSPS) is 19.6. The van der Waals surface area contributed by atoms with Gasteiger partial charge in [-0.25, -0.2) is 0 Å². The van der Waals surface area contributed by atoms with Crippen molar-refractivity contribution < 1.29 is 9.53 Å². The summed E-state index contributed by atoms with van der Waals surface area (Å²) in [6, 6.07) is 0. The Balaban J connectivity index is 2.52. The molecule has 0 spiro atoms. The summed E-state index contributed by atoms with van der Waals surface area (Å²) in [4.78, 5) is 12.1. The fraction of sp³-hybridized carbons (Fsp3) is 0.850. The van der Waals surface area contributed by atoms with Crippen LogP contribution in [0, 0.1) is 5.41 Å². The maximum atomic E-state index is 12.1. The van der Waals surface area contributed by atoms with Gasteiger partial charge in [0.1, 0.15) is 0 Å². The number of carbonyl (C=O) groups is 1. The lowest BCUT2D eigenvalue weighted by atomic mass is 9.69. The number of Topliss-reactive ketones (excluding diaryl/α,β-unsaturated/α-hetero) is 1. The van der Waals surface area contributed by atoms with Crippen LogP contribution in [-0.4, -0.2) is 19.0 Å². The highest BCUT2D eigenvalue weighted by Crippen LogP contribution is 2.42. The molecule has 1 aliphatic carbocycles. The minimum Gasteiger partial charge on any atom is -0.377 e. The number of methoxy groups -OCH3 is 1. The molecule has 0 amide bonds. The van der Waals surface area contributed by atoms with Gasteiger partial charge in [0.25, 0.3) is 0 Å². The predicted molar refractivity (Wildman–Crippen MR) is 94.1 cm³/mol. The average Bonchev–Trinajstić information content (AvgIpc) is 2.48. The number of ether oxygens (including phenoxy) is 1. The van der Waals surface area contributed by atoms with Gasteiger partial charge in [-0.1, -0.05) is 65.7 Å². The molecule has 1 rings (SSSR count). The number of hydrogen-bond acceptors (Lipinski definition) is 2. The molecule has 0 N–H and O–H groups in total. The van der Waals surface area contributed by atoms with E-state index in [2.05, 4.69) is 20.8 Å². The summed E-state index contributed by atoms with van der Waals surface area (Å²) in [5.41, 5.74) is 2.32. The molecule has 0 radical (unpaired) electrons. The lowest BCUT2D eigenvalue weighted by Crippen LogP contribution is -2.33. The number of ketones is 1. The second kappa shape index (κ2) is 9.50. The van der Waals surface area contributed by atoms with Crippen LogP contribution in [0.2, 0.25) is 0 Å². The van der Waals surface area contributed by atoms with Gasteiger partial charge in [-0.05, 0) is 36.3 Å². The molecule has 128 valence electrons. The van der Waals surface area contributed by atoms with E-state index >= 15 is 0 Å². The van der Waals surface area contributed by atoms with Crippen molar-refractivity contribution in [3.8, 4) is 0 Å². The largest absolute Gasteiger partial charge is 0.377 e. The van der Waals surface area contributed by atoms with Crippen LogP contribution in [0.25, 0.3) is 0 Å². The molecule has 0 aliphatic heterocycles. The van der Waals surface area contributed by atoms with Crippen molar-refractivity contribution in [1.29, 1.82) is 0 Å². The summed E-state index contributed by atoms with van der Waals surface area (Å²) in [7, 11) is 1.79. The first kappa shape index (κ1) is 19.4. The van der Waals surface area contributed by atoms with Crippen molar-refractivity contribution in [2.45, 2.75) is 98.0 Å². The van der Waals surface area contributed by atoms with Gasteiger partial charge in [0.05, 0.1) is 6.10 Å². The van der Waals surface area contributed by atoms with Crippen LogP contribution in [0.4, 0.5) is 0 Å². The van der Waals surface area contributed by atoms with Crippen LogP contribution in [-0.2, 0) is 9.53 Å². The van der Waals surface area contributed by atoms with E-state index in [4.69, 9.17) is 4.74 Å². The monoisotopic (exact) mass is 308 g/mol. The molecule has 2 nitrogen and oxygen atoms in total. The molecule has 0 bridgehead atoms. The highest BCUT2D eigenvalue weighted by atomic mass is 16.5. The van der Waals surface area contributed by atoms with Gasteiger partial charge >= 0.3 is 0 Å². The molecule has 0 fully saturated rings. The van der Waals surface area contributed by atoms with Gasteiger partial charge in [0.15, 0.2) is 5.78 Å². The summed E-state index contributed by atoms with van der Waals surface area (Å²) in [5.74, 6) is 0.316. The Kier molecular flexibility index (Phi) is 8.38. The zero-order valence-corrected chi connectivity index (χ0v) is 15.5. The van der Waals surface area contributed by atoms with Gasteiger partial charge < -0.3 is 4.74 Å². The highest BCUT2D eigenvalue weighted by Gasteiger charge is 2.36. The van der Waals surface area contributed by atoms with Crippen molar-refractivity contribution >= 4 is 5.78 Å². The van der Waals surface area contributed by atoms with Gasteiger partial charge in [-0.3, -0.25) is 4.79 Å². The van der Waals surface area contributed by atoms with Gasteiger partial charge in [0, 0.05) is 13.5 Å². The van der Waals surface area contributed by atoms with Crippen LogP contribution < -0.4 is 0 Å². The molecule has 0 aromatic carbocycles. The van der Waals surface area contributed by atoms with Crippen LogP contribution in [0.1, 0.15) is 91.9 Å². The smallest absolute Gasteiger partial charge is 0.158 e. The average molecular weight is 309 g/mol. The zero-order valence-electron chi connectivity index (χ0n) is 15.5. The van der Waals surface area contributed by atoms with E-state index in [9.17, 15) is 4.79 Å². The summed E-state index contributed by atoms with van der Waals surface area (Å²) in [6.07, 6.45) is 12.0. The van der Waals surface area contributed by atoms with Crippen LogP contribution in [0.3, 0.4) is 0 Å². The minimum atomic E-state index is 0.0970. The van der Waals surface area contributed by atoms with E-state index in [1.165, 1.54) is 50.5 Å². The van der Waals surface area contributed by atoms with Gasteiger partial charge in [-0.2, -0.15) is 0 Å². The van der Waals surface area contributed by atoms with Gasteiger partial charge in [-0.15, -0.1) is 0 Å². The topological polar surface area (TPSA) is 26.3 Å². The van der Waals surface area contributed by atoms with Gasteiger partial charge in [0.2, 0.25) is 0 Å². The van der Waals surface area contributed by atoms with Crippen LogP contribution in [0.15, 0.2) is 11.1 Å². The summed E-state index contributed by atoms with van der Waals surface area (Å²) < 4.78 is 5.78. The number of hydrogen-bond donors (Lipinski definition) is 0. The molecule has 0 saturated carbocycles. The molecule has 2 heteroatoms. The third-order valence-corrected chi connectivity index (χ3v) is 5.20. The molecule has 1 atom stereocenters. The highest BCUT2D eigenvalue weighted by molar-refractivity contribution is 5.96. The van der Waals surface area contributed by atoms with Crippen LogP contribution >= 0.6 is 0 Å². The SMILES string of the molecule is CCCCCCCCCC(OC)C1=C(C)C(=O)CCC1(C)C. The van der Waals surface area contributed by atoms with E-state index in [0.717, 1.165) is 18.4 Å². The molecular weight excluding hydrogens is 272 g/mol. The van der Waals surface area contributed by atoms with Crippen molar-refractivity contribution in [3.63, 3.8) is 0 Å². The van der Waals surface area contributed by atoms with Crippen molar-refractivity contribution in [3.05, 3.63) is 11.1 Å². The van der Waals surface area contributed by atoms with E-state index in [1.807, 2.05) is 6.92 Å². The Morgan fingerprint density at radius 3 is 2.27 bits per heavy atom. The molecule has 0 saturated heterocycles. The first-order valence-electron chi connectivity index (χ1n) is 9.21. The zero-order chi connectivity index (χ0) is 16.6. The van der Waals surface area contributed by atoms with Crippen molar-refractivity contribution in [2.24, 2.45) is 5.41 Å². The number of unbranched alkanes of at least 4 members (excludes halogenated alkanes) is 6. The molecule has 0 heterocycles.